The van der Waals surface area contributed by atoms with Gasteiger partial charge in [-0.3, -0.25) is 4.79 Å². The second kappa shape index (κ2) is 8.43. The van der Waals surface area contributed by atoms with Crippen molar-refractivity contribution in [3.8, 4) is 5.69 Å². The van der Waals surface area contributed by atoms with Gasteiger partial charge in [-0.05, 0) is 55.5 Å². The first-order valence-corrected chi connectivity index (χ1v) is 10.5. The summed E-state index contributed by atoms with van der Waals surface area (Å²) < 4.78 is 7.41. The second-order valence-corrected chi connectivity index (χ2v) is 8.24. The predicted molar refractivity (Wildman–Crippen MR) is 109 cm³/mol. The number of amides is 1. The van der Waals surface area contributed by atoms with Crippen molar-refractivity contribution >= 4 is 28.8 Å². The molecule has 4 rings (SSSR count). The van der Waals surface area contributed by atoms with Gasteiger partial charge in [0.05, 0.1) is 18.3 Å². The Hall–Kier alpha value is -2.22. The predicted octanol–water partition coefficient (Wildman–Crippen LogP) is 4.11. The Morgan fingerprint density at radius 2 is 2.18 bits per heavy atom. The fourth-order valence-electron chi connectivity index (χ4n) is 3.29. The number of aromatic nitrogens is 3. The number of rotatable bonds is 6. The molecule has 6 nitrogen and oxygen atoms in total. The maximum absolute atomic E-state index is 13.2. The molecule has 0 radical (unpaired) electrons. The molecule has 28 heavy (non-hydrogen) atoms. The number of hydrogen-bond acceptors (Lipinski definition) is 5. The van der Waals surface area contributed by atoms with E-state index in [1.54, 1.807) is 33.1 Å². The summed E-state index contributed by atoms with van der Waals surface area (Å²) in [5, 5.41) is 7.13. The van der Waals surface area contributed by atoms with Crippen molar-refractivity contribution in [1.82, 2.24) is 19.7 Å². The van der Waals surface area contributed by atoms with E-state index in [-0.39, 0.29) is 17.8 Å². The molecule has 0 spiro atoms. The van der Waals surface area contributed by atoms with Crippen LogP contribution < -0.4 is 0 Å². The zero-order valence-corrected chi connectivity index (χ0v) is 17.1. The van der Waals surface area contributed by atoms with Crippen molar-refractivity contribution in [1.29, 1.82) is 0 Å². The van der Waals surface area contributed by atoms with Crippen molar-refractivity contribution in [2.24, 2.45) is 0 Å². The van der Waals surface area contributed by atoms with E-state index in [1.807, 2.05) is 36.6 Å². The first-order valence-electron chi connectivity index (χ1n) is 9.23. The Labute approximate surface area is 172 Å². The van der Waals surface area contributed by atoms with E-state index in [0.717, 1.165) is 30.0 Å². The highest BCUT2D eigenvalue weighted by molar-refractivity contribution is 7.09. The number of aryl methyl sites for hydroxylation is 1. The van der Waals surface area contributed by atoms with Crippen LogP contribution in [-0.4, -0.2) is 44.8 Å². The molecule has 0 aliphatic carbocycles. The van der Waals surface area contributed by atoms with Crippen molar-refractivity contribution in [2.75, 3.05) is 13.2 Å². The van der Waals surface area contributed by atoms with Gasteiger partial charge in [0.15, 0.2) is 0 Å². The summed E-state index contributed by atoms with van der Waals surface area (Å²) in [5.74, 6) is 0.667. The standard InChI is InChI=1S/C20H21ClN4O2S/c1-14-22-19(23-25(14)16-8-6-15(21)7-9-16)20(26)24(12-17-4-2-10-27-17)13-18-5-3-11-28-18/h3,5-9,11,17H,2,4,10,12-13H2,1H3. The van der Waals surface area contributed by atoms with Gasteiger partial charge in [-0.2, -0.15) is 0 Å². The van der Waals surface area contributed by atoms with Crippen molar-refractivity contribution in [3.05, 3.63) is 63.3 Å². The fraction of sp³-hybridized carbons (Fsp3) is 0.350. The van der Waals surface area contributed by atoms with Crippen LogP contribution in [0.15, 0.2) is 41.8 Å². The number of benzene rings is 1. The minimum atomic E-state index is -0.181. The van der Waals surface area contributed by atoms with E-state index < -0.39 is 0 Å². The van der Waals surface area contributed by atoms with Gasteiger partial charge in [-0.25, -0.2) is 9.67 Å². The van der Waals surface area contributed by atoms with Crippen LogP contribution in [0.4, 0.5) is 0 Å². The molecule has 0 bridgehead atoms. The largest absolute Gasteiger partial charge is 0.376 e. The average Bonchev–Trinajstić information content (AvgIpc) is 3.44. The van der Waals surface area contributed by atoms with Gasteiger partial charge in [-0.15, -0.1) is 16.4 Å². The molecule has 1 unspecified atom stereocenters. The van der Waals surface area contributed by atoms with E-state index >= 15 is 0 Å². The third-order valence-corrected chi connectivity index (χ3v) is 5.81. The van der Waals surface area contributed by atoms with Crippen LogP contribution in [0.2, 0.25) is 5.02 Å². The summed E-state index contributed by atoms with van der Waals surface area (Å²) in [6, 6.07) is 11.3. The van der Waals surface area contributed by atoms with Gasteiger partial charge < -0.3 is 9.64 Å². The topological polar surface area (TPSA) is 60.3 Å². The van der Waals surface area contributed by atoms with Crippen molar-refractivity contribution in [3.63, 3.8) is 0 Å². The number of carbonyl (C=O) groups is 1. The monoisotopic (exact) mass is 416 g/mol. The molecule has 1 aliphatic heterocycles. The van der Waals surface area contributed by atoms with Crippen LogP contribution in [0.3, 0.4) is 0 Å². The van der Waals surface area contributed by atoms with Crippen LogP contribution in [0, 0.1) is 6.92 Å². The normalized spacial score (nSPS) is 16.4. The Bertz CT molecular complexity index is 934. The Morgan fingerprint density at radius 3 is 2.86 bits per heavy atom. The van der Waals surface area contributed by atoms with Crippen LogP contribution >= 0.6 is 22.9 Å². The van der Waals surface area contributed by atoms with E-state index in [2.05, 4.69) is 10.1 Å². The highest BCUT2D eigenvalue weighted by Gasteiger charge is 2.27. The van der Waals surface area contributed by atoms with Gasteiger partial charge in [-0.1, -0.05) is 17.7 Å². The minimum Gasteiger partial charge on any atom is -0.376 e. The first kappa shape index (κ1) is 19.1. The zero-order valence-electron chi connectivity index (χ0n) is 15.5. The van der Waals surface area contributed by atoms with Crippen LogP contribution in [0.1, 0.15) is 34.2 Å². The molecule has 1 fully saturated rings. The molecule has 146 valence electrons. The fourth-order valence-corrected chi connectivity index (χ4v) is 4.14. The lowest BCUT2D eigenvalue weighted by molar-refractivity contribution is 0.0500. The second-order valence-electron chi connectivity index (χ2n) is 6.77. The molecule has 2 aromatic heterocycles. The SMILES string of the molecule is Cc1nc(C(=O)N(Cc2cccs2)CC2CCCO2)nn1-c1ccc(Cl)cc1. The molecule has 1 amide bonds. The molecule has 1 aromatic carbocycles. The molecule has 1 atom stereocenters. The number of thiophene rings is 1. The molecule has 8 heteroatoms. The molecular formula is C20H21ClN4O2S. The maximum Gasteiger partial charge on any atom is 0.293 e. The summed E-state index contributed by atoms with van der Waals surface area (Å²) in [4.78, 5) is 20.6. The summed E-state index contributed by atoms with van der Waals surface area (Å²) in [6.07, 6.45) is 2.08. The van der Waals surface area contributed by atoms with Gasteiger partial charge >= 0.3 is 0 Å². The summed E-state index contributed by atoms with van der Waals surface area (Å²) in [7, 11) is 0. The number of nitrogens with zero attached hydrogens (tertiary/aromatic N) is 4. The smallest absolute Gasteiger partial charge is 0.293 e. The lowest BCUT2D eigenvalue weighted by Crippen LogP contribution is -2.37. The van der Waals surface area contributed by atoms with Gasteiger partial charge in [0.2, 0.25) is 5.82 Å². The number of ether oxygens (including phenoxy) is 1. The van der Waals surface area contributed by atoms with Crippen molar-refractivity contribution in [2.45, 2.75) is 32.4 Å². The van der Waals surface area contributed by atoms with Crippen LogP contribution in [-0.2, 0) is 11.3 Å². The Kier molecular flexibility index (Phi) is 5.75. The van der Waals surface area contributed by atoms with E-state index in [1.165, 1.54) is 0 Å². The average molecular weight is 417 g/mol. The number of carbonyl (C=O) groups excluding carboxylic acids is 1. The van der Waals surface area contributed by atoms with E-state index in [0.29, 0.717) is 23.9 Å². The molecule has 1 aliphatic rings. The molecule has 3 heterocycles. The zero-order chi connectivity index (χ0) is 19.5. The van der Waals surface area contributed by atoms with Crippen molar-refractivity contribution < 1.29 is 9.53 Å². The highest BCUT2D eigenvalue weighted by Crippen LogP contribution is 2.20. The highest BCUT2D eigenvalue weighted by atomic mass is 35.5. The van der Waals surface area contributed by atoms with E-state index in [4.69, 9.17) is 16.3 Å². The lowest BCUT2D eigenvalue weighted by atomic mass is 10.2. The summed E-state index contributed by atoms with van der Waals surface area (Å²) in [5.41, 5.74) is 0.817. The van der Waals surface area contributed by atoms with Gasteiger partial charge in [0, 0.05) is 23.1 Å². The summed E-state index contributed by atoms with van der Waals surface area (Å²) >= 11 is 7.60. The first-order chi connectivity index (χ1) is 13.6. The Balaban J connectivity index is 1.58. The van der Waals surface area contributed by atoms with Gasteiger partial charge in [0.1, 0.15) is 5.82 Å². The molecule has 1 saturated heterocycles. The molecular weight excluding hydrogens is 396 g/mol. The third kappa shape index (κ3) is 4.27. The maximum atomic E-state index is 13.2. The lowest BCUT2D eigenvalue weighted by Gasteiger charge is -2.23. The molecule has 3 aromatic rings. The molecule has 0 N–H and O–H groups in total. The van der Waals surface area contributed by atoms with E-state index in [9.17, 15) is 4.79 Å². The summed E-state index contributed by atoms with van der Waals surface area (Å²) in [6.45, 7) is 3.67. The third-order valence-electron chi connectivity index (χ3n) is 4.69. The Morgan fingerprint density at radius 1 is 1.36 bits per heavy atom. The number of halogens is 1. The quantitative estimate of drug-likeness (QED) is 0.606. The number of hydrogen-bond donors (Lipinski definition) is 0. The molecule has 0 saturated carbocycles. The van der Waals surface area contributed by atoms with Crippen LogP contribution in [0.5, 0.6) is 0 Å². The van der Waals surface area contributed by atoms with Gasteiger partial charge in [0.25, 0.3) is 5.91 Å². The van der Waals surface area contributed by atoms with Crippen LogP contribution in [0.25, 0.3) is 5.69 Å². The minimum absolute atomic E-state index is 0.0726.